The molecular formula is C18H31N3O. The number of amides is 2. The minimum absolute atomic E-state index is 0.00674. The van der Waals surface area contributed by atoms with E-state index in [1.165, 1.54) is 16.7 Å². The molecule has 0 fully saturated rings. The summed E-state index contributed by atoms with van der Waals surface area (Å²) in [6, 6.07) is 6.61. The predicted molar refractivity (Wildman–Crippen MR) is 93.2 cm³/mol. The third-order valence-electron chi connectivity index (χ3n) is 4.28. The van der Waals surface area contributed by atoms with Gasteiger partial charge in [0.1, 0.15) is 0 Å². The Morgan fingerprint density at radius 1 is 1.23 bits per heavy atom. The molecule has 0 spiro atoms. The second kappa shape index (κ2) is 8.79. The number of nitrogens with one attached hydrogen (secondary N) is 2. The van der Waals surface area contributed by atoms with Gasteiger partial charge in [-0.2, -0.15) is 0 Å². The minimum Gasteiger partial charge on any atom is -0.337 e. The van der Waals surface area contributed by atoms with E-state index < -0.39 is 0 Å². The Hall–Kier alpha value is -1.55. The number of benzene rings is 1. The van der Waals surface area contributed by atoms with Crippen molar-refractivity contribution in [2.24, 2.45) is 0 Å². The molecule has 0 aliphatic rings. The standard InChI is InChI=1S/C18H31N3O/c1-7-21(13(2)3)12-11-19-18(22)20-16(6)17-10-8-9-14(4)15(17)5/h8-10,13,16H,7,11-12H2,1-6H3,(H2,19,20,22). The van der Waals surface area contributed by atoms with Crippen molar-refractivity contribution in [3.05, 3.63) is 34.9 Å². The van der Waals surface area contributed by atoms with Crippen molar-refractivity contribution >= 4 is 6.03 Å². The van der Waals surface area contributed by atoms with Gasteiger partial charge in [-0.05, 0) is 57.9 Å². The second-order valence-corrected chi connectivity index (χ2v) is 6.13. The summed E-state index contributed by atoms with van der Waals surface area (Å²) in [4.78, 5) is 14.3. The van der Waals surface area contributed by atoms with Crippen LogP contribution in [0.4, 0.5) is 4.79 Å². The zero-order chi connectivity index (χ0) is 16.7. The van der Waals surface area contributed by atoms with Gasteiger partial charge >= 0.3 is 6.03 Å². The van der Waals surface area contributed by atoms with Gasteiger partial charge in [0.05, 0.1) is 6.04 Å². The molecule has 1 unspecified atom stereocenters. The lowest BCUT2D eigenvalue weighted by atomic mass is 9.98. The molecule has 1 rings (SSSR count). The van der Waals surface area contributed by atoms with Gasteiger partial charge < -0.3 is 10.6 Å². The zero-order valence-corrected chi connectivity index (χ0v) is 14.9. The van der Waals surface area contributed by atoms with Crippen LogP contribution in [0.5, 0.6) is 0 Å². The average molecular weight is 305 g/mol. The van der Waals surface area contributed by atoms with Crippen LogP contribution >= 0.6 is 0 Å². The molecule has 4 nitrogen and oxygen atoms in total. The maximum atomic E-state index is 12.0. The van der Waals surface area contributed by atoms with E-state index in [1.807, 2.05) is 13.0 Å². The lowest BCUT2D eigenvalue weighted by molar-refractivity contribution is 0.221. The van der Waals surface area contributed by atoms with Gasteiger partial charge in [0, 0.05) is 19.1 Å². The highest BCUT2D eigenvalue weighted by molar-refractivity contribution is 5.74. The molecule has 2 amide bonds. The van der Waals surface area contributed by atoms with Crippen LogP contribution in [-0.2, 0) is 0 Å². The van der Waals surface area contributed by atoms with Crippen LogP contribution in [0.1, 0.15) is 50.4 Å². The van der Waals surface area contributed by atoms with E-state index >= 15 is 0 Å². The highest BCUT2D eigenvalue weighted by atomic mass is 16.2. The Bertz CT molecular complexity index is 485. The first kappa shape index (κ1) is 18.5. The van der Waals surface area contributed by atoms with Crippen molar-refractivity contribution < 1.29 is 4.79 Å². The summed E-state index contributed by atoms with van der Waals surface area (Å²) in [6.45, 7) is 15.2. The number of carbonyl (C=O) groups excluding carboxylic acids is 1. The number of urea groups is 1. The lowest BCUT2D eigenvalue weighted by Crippen LogP contribution is -2.42. The Morgan fingerprint density at radius 2 is 1.91 bits per heavy atom. The molecule has 2 N–H and O–H groups in total. The summed E-state index contributed by atoms with van der Waals surface area (Å²) in [7, 11) is 0. The highest BCUT2D eigenvalue weighted by Crippen LogP contribution is 2.19. The van der Waals surface area contributed by atoms with E-state index in [0.717, 1.165) is 13.1 Å². The van der Waals surface area contributed by atoms with E-state index in [0.29, 0.717) is 12.6 Å². The molecule has 0 radical (unpaired) electrons. The number of aryl methyl sites for hydroxylation is 1. The van der Waals surface area contributed by atoms with Gasteiger partial charge in [-0.25, -0.2) is 4.79 Å². The SMILES string of the molecule is CCN(CCNC(=O)NC(C)c1cccc(C)c1C)C(C)C. The summed E-state index contributed by atoms with van der Waals surface area (Å²) in [5.41, 5.74) is 3.67. The maximum Gasteiger partial charge on any atom is 0.315 e. The molecule has 1 aromatic carbocycles. The number of rotatable bonds is 7. The number of hydrogen-bond donors (Lipinski definition) is 2. The molecule has 0 saturated carbocycles. The summed E-state index contributed by atoms with van der Waals surface area (Å²) in [5, 5.41) is 5.96. The van der Waals surface area contributed by atoms with E-state index in [4.69, 9.17) is 0 Å². The van der Waals surface area contributed by atoms with Gasteiger partial charge in [0.15, 0.2) is 0 Å². The van der Waals surface area contributed by atoms with Gasteiger partial charge in [-0.15, -0.1) is 0 Å². The molecule has 4 heteroatoms. The molecule has 0 bridgehead atoms. The molecule has 1 aromatic rings. The van der Waals surface area contributed by atoms with Gasteiger partial charge in [-0.3, -0.25) is 4.90 Å². The third kappa shape index (κ3) is 5.34. The van der Waals surface area contributed by atoms with Crippen LogP contribution in [0.15, 0.2) is 18.2 Å². The van der Waals surface area contributed by atoms with E-state index in [2.05, 4.69) is 62.3 Å². The van der Waals surface area contributed by atoms with E-state index in [9.17, 15) is 4.79 Å². The highest BCUT2D eigenvalue weighted by Gasteiger charge is 2.13. The molecule has 0 heterocycles. The quantitative estimate of drug-likeness (QED) is 0.811. The number of likely N-dealkylation sites (N-methyl/N-ethyl adjacent to an activating group) is 1. The Morgan fingerprint density at radius 3 is 2.50 bits per heavy atom. The predicted octanol–water partition coefficient (Wildman–Crippen LogP) is 3.39. The monoisotopic (exact) mass is 305 g/mol. The zero-order valence-electron chi connectivity index (χ0n) is 14.9. The van der Waals surface area contributed by atoms with Crippen LogP contribution in [0, 0.1) is 13.8 Å². The molecule has 1 atom stereocenters. The van der Waals surface area contributed by atoms with Crippen LogP contribution in [0.25, 0.3) is 0 Å². The lowest BCUT2D eigenvalue weighted by Gasteiger charge is -2.25. The fraction of sp³-hybridized carbons (Fsp3) is 0.611. The summed E-state index contributed by atoms with van der Waals surface area (Å²) >= 11 is 0. The van der Waals surface area contributed by atoms with Crippen LogP contribution in [0.3, 0.4) is 0 Å². The molecule has 0 saturated heterocycles. The Kier molecular flexibility index (Phi) is 7.39. The summed E-state index contributed by atoms with van der Waals surface area (Å²) in [5.74, 6) is 0. The molecule has 0 aliphatic heterocycles. The van der Waals surface area contributed by atoms with Crippen LogP contribution in [0.2, 0.25) is 0 Å². The average Bonchev–Trinajstić information content (AvgIpc) is 2.45. The van der Waals surface area contributed by atoms with Crippen molar-refractivity contribution in [1.82, 2.24) is 15.5 Å². The van der Waals surface area contributed by atoms with E-state index in [-0.39, 0.29) is 12.1 Å². The first-order valence-electron chi connectivity index (χ1n) is 8.21. The first-order valence-corrected chi connectivity index (χ1v) is 8.21. The number of hydrogen-bond acceptors (Lipinski definition) is 2. The molecule has 0 aromatic heterocycles. The fourth-order valence-corrected chi connectivity index (χ4v) is 2.66. The normalized spacial score (nSPS) is 12.5. The minimum atomic E-state index is -0.104. The fourth-order valence-electron chi connectivity index (χ4n) is 2.66. The molecular weight excluding hydrogens is 274 g/mol. The van der Waals surface area contributed by atoms with Gasteiger partial charge in [0.25, 0.3) is 0 Å². The molecule has 0 aliphatic carbocycles. The van der Waals surface area contributed by atoms with Crippen molar-refractivity contribution in [2.75, 3.05) is 19.6 Å². The van der Waals surface area contributed by atoms with Crippen molar-refractivity contribution in [3.8, 4) is 0 Å². The topological polar surface area (TPSA) is 44.4 Å². The van der Waals surface area contributed by atoms with Gasteiger partial charge in [-0.1, -0.05) is 25.1 Å². The van der Waals surface area contributed by atoms with Crippen molar-refractivity contribution in [1.29, 1.82) is 0 Å². The van der Waals surface area contributed by atoms with Gasteiger partial charge in [0.2, 0.25) is 0 Å². The molecule has 124 valence electrons. The maximum absolute atomic E-state index is 12.0. The number of carbonyl (C=O) groups is 1. The van der Waals surface area contributed by atoms with Crippen molar-refractivity contribution in [2.45, 2.75) is 53.6 Å². The Balaban J connectivity index is 2.46. The summed E-state index contributed by atoms with van der Waals surface area (Å²) in [6.07, 6.45) is 0. The molecule has 22 heavy (non-hydrogen) atoms. The largest absolute Gasteiger partial charge is 0.337 e. The second-order valence-electron chi connectivity index (χ2n) is 6.13. The van der Waals surface area contributed by atoms with Crippen molar-refractivity contribution in [3.63, 3.8) is 0 Å². The summed E-state index contributed by atoms with van der Waals surface area (Å²) < 4.78 is 0. The van der Waals surface area contributed by atoms with Crippen LogP contribution in [-0.4, -0.2) is 36.6 Å². The third-order valence-corrected chi connectivity index (χ3v) is 4.28. The first-order chi connectivity index (χ1) is 10.4. The van der Waals surface area contributed by atoms with E-state index in [1.54, 1.807) is 0 Å². The Labute approximate surface area is 135 Å². The van der Waals surface area contributed by atoms with Crippen LogP contribution < -0.4 is 10.6 Å². The smallest absolute Gasteiger partial charge is 0.315 e. The number of nitrogens with zero attached hydrogens (tertiary/aromatic N) is 1.